The molecule has 0 saturated carbocycles. The molecule has 116 valence electrons. The van der Waals surface area contributed by atoms with Gasteiger partial charge in [-0.2, -0.15) is 0 Å². The molecule has 0 saturated heterocycles. The van der Waals surface area contributed by atoms with Gasteiger partial charge in [-0.25, -0.2) is 0 Å². The molecular weight excluding hydrogens is 268 g/mol. The Hall–Kier alpha value is -1.38. The molecule has 21 heavy (non-hydrogen) atoms. The molecule has 4 nitrogen and oxygen atoms in total. The maximum atomic E-state index is 10.6. The zero-order valence-corrected chi connectivity index (χ0v) is 13.1. The highest BCUT2D eigenvalue weighted by Gasteiger charge is 2.35. The molecule has 0 aliphatic carbocycles. The Balaban J connectivity index is 2.95. The zero-order chi connectivity index (χ0) is 15.9. The Bertz CT molecular complexity index is 513. The molecule has 0 aliphatic rings. The lowest BCUT2D eigenvalue weighted by Gasteiger charge is -2.30. The van der Waals surface area contributed by atoms with Crippen molar-refractivity contribution in [2.45, 2.75) is 31.5 Å². The van der Waals surface area contributed by atoms with E-state index in [-0.39, 0.29) is 19.6 Å². The molecule has 0 amide bonds. The van der Waals surface area contributed by atoms with Crippen LogP contribution in [0.15, 0.2) is 24.3 Å². The second kappa shape index (κ2) is 7.58. The van der Waals surface area contributed by atoms with Gasteiger partial charge in [-0.05, 0) is 31.5 Å². The highest BCUT2D eigenvalue weighted by molar-refractivity contribution is 5.38. The zero-order valence-electron chi connectivity index (χ0n) is 13.1. The van der Waals surface area contributed by atoms with E-state index in [1.807, 2.05) is 31.2 Å². The smallest absolute Gasteiger partial charge is 0.151 e. The summed E-state index contributed by atoms with van der Waals surface area (Å²) in [6.07, 6.45) is 0.0422. The number of aliphatic hydroxyl groups is 2. The molecule has 0 aliphatic heterocycles. The fraction of sp³-hybridized carbons (Fsp3) is 0.529. The van der Waals surface area contributed by atoms with E-state index >= 15 is 0 Å². The second-order valence-electron chi connectivity index (χ2n) is 5.69. The number of ether oxygens (including phenoxy) is 2. The summed E-state index contributed by atoms with van der Waals surface area (Å²) < 4.78 is 10.00. The van der Waals surface area contributed by atoms with Gasteiger partial charge in [0.2, 0.25) is 0 Å². The van der Waals surface area contributed by atoms with Crippen LogP contribution < -0.4 is 0 Å². The molecule has 2 unspecified atom stereocenters. The van der Waals surface area contributed by atoms with E-state index < -0.39 is 11.2 Å². The van der Waals surface area contributed by atoms with Gasteiger partial charge in [0.25, 0.3) is 0 Å². The summed E-state index contributed by atoms with van der Waals surface area (Å²) in [6, 6.07) is 7.71. The van der Waals surface area contributed by atoms with Gasteiger partial charge < -0.3 is 19.7 Å². The Morgan fingerprint density at radius 3 is 2.38 bits per heavy atom. The van der Waals surface area contributed by atoms with Gasteiger partial charge in [0.15, 0.2) is 5.60 Å². The van der Waals surface area contributed by atoms with Crippen molar-refractivity contribution in [1.82, 2.24) is 0 Å². The van der Waals surface area contributed by atoms with Crippen molar-refractivity contribution < 1.29 is 19.7 Å². The van der Waals surface area contributed by atoms with E-state index in [1.165, 1.54) is 14.2 Å². The highest BCUT2D eigenvalue weighted by atomic mass is 16.5. The fourth-order valence-electron chi connectivity index (χ4n) is 2.27. The summed E-state index contributed by atoms with van der Waals surface area (Å²) in [5, 5.41) is 20.8. The molecule has 1 rings (SSSR count). The Kier molecular flexibility index (Phi) is 6.38. The maximum absolute atomic E-state index is 10.6. The van der Waals surface area contributed by atoms with Gasteiger partial charge in [-0.1, -0.05) is 24.0 Å². The van der Waals surface area contributed by atoms with Crippen molar-refractivity contribution in [3.8, 4) is 11.8 Å². The van der Waals surface area contributed by atoms with E-state index in [4.69, 9.17) is 9.47 Å². The standard InChI is InChI=1S/C17H24O4/c1-14-6-5-7-15(10-14)8-9-17(19,13-21-4)11-16(2,18)12-20-3/h5-7,10,18-19H,11-13H2,1-4H3. The van der Waals surface area contributed by atoms with E-state index in [9.17, 15) is 10.2 Å². The van der Waals surface area contributed by atoms with Crippen LogP contribution in [0.4, 0.5) is 0 Å². The molecule has 0 bridgehead atoms. The lowest BCUT2D eigenvalue weighted by atomic mass is 9.89. The minimum Gasteiger partial charge on any atom is -0.388 e. The molecule has 2 atom stereocenters. The summed E-state index contributed by atoms with van der Waals surface area (Å²) >= 11 is 0. The summed E-state index contributed by atoms with van der Waals surface area (Å²) in [5.74, 6) is 5.76. The first-order valence-electron chi connectivity index (χ1n) is 6.83. The van der Waals surface area contributed by atoms with Gasteiger partial charge in [0.05, 0.1) is 18.8 Å². The van der Waals surface area contributed by atoms with Crippen LogP contribution in [-0.2, 0) is 9.47 Å². The van der Waals surface area contributed by atoms with Crippen molar-refractivity contribution in [2.75, 3.05) is 27.4 Å². The van der Waals surface area contributed by atoms with Crippen molar-refractivity contribution in [2.24, 2.45) is 0 Å². The van der Waals surface area contributed by atoms with E-state index in [2.05, 4.69) is 11.8 Å². The van der Waals surface area contributed by atoms with E-state index in [1.54, 1.807) is 6.92 Å². The molecule has 2 N–H and O–H groups in total. The topological polar surface area (TPSA) is 58.9 Å². The molecule has 0 radical (unpaired) electrons. The van der Waals surface area contributed by atoms with Crippen molar-refractivity contribution >= 4 is 0 Å². The summed E-state index contributed by atoms with van der Waals surface area (Å²) in [6.45, 7) is 3.72. The Morgan fingerprint density at radius 1 is 1.14 bits per heavy atom. The second-order valence-corrected chi connectivity index (χ2v) is 5.69. The number of aryl methyl sites for hydroxylation is 1. The first kappa shape index (κ1) is 17.7. The number of rotatable bonds is 6. The summed E-state index contributed by atoms with van der Waals surface area (Å²) in [4.78, 5) is 0. The fourth-order valence-corrected chi connectivity index (χ4v) is 2.27. The average molecular weight is 292 g/mol. The van der Waals surface area contributed by atoms with Crippen LogP contribution in [0.1, 0.15) is 24.5 Å². The first-order valence-corrected chi connectivity index (χ1v) is 6.83. The highest BCUT2D eigenvalue weighted by Crippen LogP contribution is 2.21. The molecule has 0 spiro atoms. The average Bonchev–Trinajstić information content (AvgIpc) is 2.36. The predicted octanol–water partition coefficient (Wildman–Crippen LogP) is 1.51. The number of hydrogen-bond donors (Lipinski definition) is 2. The van der Waals surface area contributed by atoms with Crippen molar-refractivity contribution in [3.63, 3.8) is 0 Å². The SMILES string of the molecule is COCC(C)(O)CC(O)(C#Cc1cccc(C)c1)COC. The largest absolute Gasteiger partial charge is 0.388 e. The molecular formula is C17H24O4. The minimum atomic E-state index is -1.43. The van der Waals surface area contributed by atoms with Gasteiger partial charge >= 0.3 is 0 Å². The Labute approximate surface area is 126 Å². The number of benzene rings is 1. The molecule has 1 aromatic carbocycles. The van der Waals surface area contributed by atoms with Crippen LogP contribution in [0.5, 0.6) is 0 Å². The van der Waals surface area contributed by atoms with Crippen LogP contribution in [0.3, 0.4) is 0 Å². The molecule has 0 aromatic heterocycles. The maximum Gasteiger partial charge on any atom is 0.151 e. The van der Waals surface area contributed by atoms with Crippen LogP contribution >= 0.6 is 0 Å². The van der Waals surface area contributed by atoms with Crippen molar-refractivity contribution in [1.29, 1.82) is 0 Å². The predicted molar refractivity (Wildman–Crippen MR) is 82.0 cm³/mol. The third kappa shape index (κ3) is 6.28. The Morgan fingerprint density at radius 2 is 1.81 bits per heavy atom. The molecule has 0 heterocycles. The number of methoxy groups -OCH3 is 2. The van der Waals surface area contributed by atoms with Gasteiger partial charge in [0.1, 0.15) is 0 Å². The van der Waals surface area contributed by atoms with Crippen LogP contribution in [0.2, 0.25) is 0 Å². The third-order valence-electron chi connectivity index (χ3n) is 2.97. The summed E-state index contributed by atoms with van der Waals surface area (Å²) in [7, 11) is 2.99. The van der Waals surface area contributed by atoms with Gasteiger partial charge in [-0.15, -0.1) is 0 Å². The van der Waals surface area contributed by atoms with Crippen molar-refractivity contribution in [3.05, 3.63) is 35.4 Å². The lowest BCUT2D eigenvalue weighted by Crippen LogP contribution is -2.44. The normalized spacial score (nSPS) is 16.5. The monoisotopic (exact) mass is 292 g/mol. The number of hydrogen-bond acceptors (Lipinski definition) is 4. The summed E-state index contributed by atoms with van der Waals surface area (Å²) in [5.41, 5.74) is -0.691. The third-order valence-corrected chi connectivity index (χ3v) is 2.97. The van der Waals surface area contributed by atoms with Crippen LogP contribution in [-0.4, -0.2) is 48.8 Å². The molecule has 0 fully saturated rings. The van der Waals surface area contributed by atoms with E-state index in [0.717, 1.165) is 11.1 Å². The molecule has 4 heteroatoms. The van der Waals surface area contributed by atoms with Gasteiger partial charge in [0, 0.05) is 26.2 Å². The van der Waals surface area contributed by atoms with Crippen LogP contribution in [0.25, 0.3) is 0 Å². The quantitative estimate of drug-likeness (QED) is 0.780. The molecule has 1 aromatic rings. The lowest BCUT2D eigenvalue weighted by molar-refractivity contribution is -0.0846. The van der Waals surface area contributed by atoms with Gasteiger partial charge in [-0.3, -0.25) is 0 Å². The van der Waals surface area contributed by atoms with Crippen LogP contribution in [0, 0.1) is 18.8 Å². The van der Waals surface area contributed by atoms with E-state index in [0.29, 0.717) is 0 Å². The first-order chi connectivity index (χ1) is 9.80. The minimum absolute atomic E-state index is 0.0195.